The number of aliphatic imine (C=N–C) groups is 1. The molecule has 1 saturated carbocycles. The summed E-state index contributed by atoms with van der Waals surface area (Å²) in [6.07, 6.45) is 0.511. The molecule has 106 valence electrons. The van der Waals surface area contributed by atoms with Gasteiger partial charge >= 0.3 is 6.18 Å². The van der Waals surface area contributed by atoms with Gasteiger partial charge in [0.05, 0.1) is 0 Å². The second-order valence-electron chi connectivity index (χ2n) is 4.60. The van der Waals surface area contributed by atoms with Crippen LogP contribution in [0.1, 0.15) is 18.7 Å². The van der Waals surface area contributed by atoms with E-state index in [0.717, 1.165) is 17.4 Å². The van der Waals surface area contributed by atoms with Gasteiger partial charge in [-0.15, -0.1) is 0 Å². The van der Waals surface area contributed by atoms with E-state index in [2.05, 4.69) is 9.98 Å². The van der Waals surface area contributed by atoms with E-state index >= 15 is 0 Å². The molecule has 0 bridgehead atoms. The number of nitrogens with zero attached hydrogens (tertiary/aromatic N) is 4. The highest BCUT2D eigenvalue weighted by atomic mass is 19.4. The lowest BCUT2D eigenvalue weighted by Crippen LogP contribution is -2.35. The summed E-state index contributed by atoms with van der Waals surface area (Å²) in [4.78, 5) is 9.81. The maximum Gasteiger partial charge on any atom is 0.406 e. The van der Waals surface area contributed by atoms with Crippen LogP contribution in [0, 0.1) is 0 Å². The van der Waals surface area contributed by atoms with E-state index < -0.39 is 12.7 Å². The van der Waals surface area contributed by atoms with Gasteiger partial charge in [-0.05, 0) is 12.8 Å². The van der Waals surface area contributed by atoms with Crippen LogP contribution in [0.5, 0.6) is 0 Å². The molecule has 1 aliphatic rings. The average molecular weight is 275 g/mol. The van der Waals surface area contributed by atoms with Crippen molar-refractivity contribution in [2.75, 3.05) is 7.05 Å². The molecule has 0 unspecified atom stereocenters. The van der Waals surface area contributed by atoms with Crippen molar-refractivity contribution in [3.05, 3.63) is 18.2 Å². The van der Waals surface area contributed by atoms with Crippen molar-refractivity contribution in [3.63, 3.8) is 0 Å². The minimum Gasteiger partial charge on any atom is -0.370 e. The van der Waals surface area contributed by atoms with Crippen molar-refractivity contribution in [2.45, 2.75) is 38.1 Å². The molecule has 0 amide bonds. The minimum atomic E-state index is -4.27. The molecule has 2 rings (SSSR count). The quantitative estimate of drug-likeness (QED) is 0.666. The molecule has 0 atom stereocenters. The first-order valence-corrected chi connectivity index (χ1v) is 5.96. The zero-order chi connectivity index (χ0) is 14.0. The van der Waals surface area contributed by atoms with Gasteiger partial charge in [0.1, 0.15) is 18.9 Å². The molecule has 1 fully saturated rings. The van der Waals surface area contributed by atoms with Gasteiger partial charge in [0, 0.05) is 25.5 Å². The van der Waals surface area contributed by atoms with E-state index in [1.807, 2.05) is 11.9 Å². The Morgan fingerprint density at radius 2 is 2.26 bits per heavy atom. The number of halogens is 3. The van der Waals surface area contributed by atoms with Crippen molar-refractivity contribution in [2.24, 2.45) is 10.7 Å². The Bertz CT molecular complexity index is 461. The van der Waals surface area contributed by atoms with Gasteiger partial charge in [-0.1, -0.05) is 0 Å². The van der Waals surface area contributed by atoms with Crippen LogP contribution in [0.3, 0.4) is 0 Å². The Kier molecular flexibility index (Phi) is 3.68. The van der Waals surface area contributed by atoms with Crippen LogP contribution in [0.2, 0.25) is 0 Å². The maximum absolute atomic E-state index is 12.3. The SMILES string of the molecule is CN(C(N)=NCc1nccn1CC(F)(F)F)C1CC1. The summed E-state index contributed by atoms with van der Waals surface area (Å²) in [7, 11) is 1.83. The molecule has 5 nitrogen and oxygen atoms in total. The highest BCUT2D eigenvalue weighted by molar-refractivity contribution is 5.78. The standard InChI is InChI=1S/C11H16F3N5/c1-18(8-2-3-8)10(15)17-6-9-16-4-5-19(9)7-11(12,13)14/h4-5,8H,2-3,6-7H2,1H3,(H2,15,17). The number of rotatable bonds is 4. The lowest BCUT2D eigenvalue weighted by atomic mass is 10.5. The highest BCUT2D eigenvalue weighted by Gasteiger charge is 2.29. The summed E-state index contributed by atoms with van der Waals surface area (Å²) in [5.74, 6) is 0.591. The Balaban J connectivity index is 1.99. The number of hydrogen-bond acceptors (Lipinski definition) is 2. The van der Waals surface area contributed by atoms with Crippen molar-refractivity contribution in [3.8, 4) is 0 Å². The van der Waals surface area contributed by atoms with Gasteiger partial charge in [0.2, 0.25) is 0 Å². The van der Waals surface area contributed by atoms with Gasteiger partial charge in [0.15, 0.2) is 5.96 Å². The average Bonchev–Trinajstić information content (AvgIpc) is 3.07. The molecule has 1 aromatic heterocycles. The van der Waals surface area contributed by atoms with Gasteiger partial charge in [-0.3, -0.25) is 0 Å². The molecular formula is C11H16F3N5. The third-order valence-electron chi connectivity index (χ3n) is 2.99. The van der Waals surface area contributed by atoms with E-state index in [1.54, 1.807) is 0 Å². The van der Waals surface area contributed by atoms with Crippen LogP contribution in [-0.2, 0) is 13.1 Å². The summed E-state index contributed by atoms with van der Waals surface area (Å²) >= 11 is 0. The van der Waals surface area contributed by atoms with E-state index in [-0.39, 0.29) is 12.4 Å². The maximum atomic E-state index is 12.3. The second-order valence-corrected chi connectivity index (χ2v) is 4.60. The Morgan fingerprint density at radius 1 is 1.58 bits per heavy atom. The fraction of sp³-hybridized carbons (Fsp3) is 0.636. The van der Waals surface area contributed by atoms with Crippen LogP contribution in [0.15, 0.2) is 17.4 Å². The molecule has 0 aliphatic heterocycles. The molecule has 1 aliphatic carbocycles. The largest absolute Gasteiger partial charge is 0.406 e. The van der Waals surface area contributed by atoms with E-state index in [9.17, 15) is 13.2 Å². The van der Waals surface area contributed by atoms with Crippen LogP contribution < -0.4 is 5.73 Å². The highest BCUT2D eigenvalue weighted by Crippen LogP contribution is 2.25. The predicted octanol–water partition coefficient (Wildman–Crippen LogP) is 1.35. The summed E-state index contributed by atoms with van der Waals surface area (Å²) in [5.41, 5.74) is 5.77. The molecule has 1 aromatic rings. The molecule has 1 heterocycles. The first-order valence-electron chi connectivity index (χ1n) is 5.96. The summed E-state index contributed by atoms with van der Waals surface area (Å²) < 4.78 is 38.0. The smallest absolute Gasteiger partial charge is 0.370 e. The number of alkyl halides is 3. The van der Waals surface area contributed by atoms with Gasteiger partial charge in [0.25, 0.3) is 0 Å². The Hall–Kier alpha value is -1.73. The summed E-state index contributed by atoms with van der Waals surface area (Å²) in [5, 5.41) is 0. The third kappa shape index (κ3) is 3.87. The zero-order valence-corrected chi connectivity index (χ0v) is 10.6. The molecule has 2 N–H and O–H groups in total. The number of aromatic nitrogens is 2. The topological polar surface area (TPSA) is 59.4 Å². The van der Waals surface area contributed by atoms with E-state index in [0.29, 0.717) is 12.0 Å². The molecule has 0 aromatic carbocycles. The van der Waals surface area contributed by atoms with Gasteiger partial charge in [-0.2, -0.15) is 13.2 Å². The number of imidazole rings is 1. The van der Waals surface area contributed by atoms with Crippen molar-refractivity contribution in [1.29, 1.82) is 0 Å². The van der Waals surface area contributed by atoms with Crippen molar-refractivity contribution in [1.82, 2.24) is 14.5 Å². The van der Waals surface area contributed by atoms with Crippen LogP contribution in [0.4, 0.5) is 13.2 Å². The van der Waals surface area contributed by atoms with Gasteiger partial charge in [-0.25, -0.2) is 9.98 Å². The normalized spacial score (nSPS) is 16.7. The van der Waals surface area contributed by atoms with E-state index in [4.69, 9.17) is 5.73 Å². The van der Waals surface area contributed by atoms with Crippen molar-refractivity contribution < 1.29 is 13.2 Å². The molecule has 19 heavy (non-hydrogen) atoms. The number of nitrogens with two attached hydrogens (primary N) is 1. The number of hydrogen-bond donors (Lipinski definition) is 1. The van der Waals surface area contributed by atoms with Crippen LogP contribution in [-0.4, -0.2) is 39.7 Å². The van der Waals surface area contributed by atoms with Crippen LogP contribution >= 0.6 is 0 Å². The summed E-state index contributed by atoms with van der Waals surface area (Å²) in [6, 6.07) is 0.415. The lowest BCUT2D eigenvalue weighted by Gasteiger charge is -2.17. The minimum absolute atomic E-state index is 0.0476. The zero-order valence-electron chi connectivity index (χ0n) is 10.6. The van der Waals surface area contributed by atoms with E-state index in [1.165, 1.54) is 12.4 Å². The summed E-state index contributed by atoms with van der Waals surface area (Å²) in [6.45, 7) is -1.01. The van der Waals surface area contributed by atoms with Crippen LogP contribution in [0.25, 0.3) is 0 Å². The Labute approximate surface area is 108 Å². The van der Waals surface area contributed by atoms with Gasteiger partial charge < -0.3 is 15.2 Å². The monoisotopic (exact) mass is 275 g/mol. The third-order valence-corrected chi connectivity index (χ3v) is 2.99. The molecule has 0 saturated heterocycles. The number of guanidine groups is 1. The first-order chi connectivity index (χ1) is 8.87. The molecule has 0 spiro atoms. The molecular weight excluding hydrogens is 259 g/mol. The Morgan fingerprint density at radius 3 is 2.84 bits per heavy atom. The van der Waals surface area contributed by atoms with Crippen molar-refractivity contribution >= 4 is 5.96 Å². The second kappa shape index (κ2) is 5.10. The first kappa shape index (κ1) is 13.7. The lowest BCUT2D eigenvalue weighted by molar-refractivity contribution is -0.141. The fourth-order valence-corrected chi connectivity index (χ4v) is 1.74. The predicted molar refractivity (Wildman–Crippen MR) is 64.4 cm³/mol. The molecule has 8 heteroatoms. The molecule has 0 radical (unpaired) electrons. The fourth-order valence-electron chi connectivity index (χ4n) is 1.74.